The van der Waals surface area contributed by atoms with Gasteiger partial charge in [0.15, 0.2) is 18.1 Å². The van der Waals surface area contributed by atoms with Crippen LogP contribution < -0.4 is 19.6 Å². The Morgan fingerprint density at radius 1 is 0.939 bits per heavy atom. The second kappa shape index (κ2) is 11.9. The summed E-state index contributed by atoms with van der Waals surface area (Å²) in [5, 5.41) is 4.84. The summed E-state index contributed by atoms with van der Waals surface area (Å²) < 4.78 is 16.4. The molecule has 1 amide bonds. The molecule has 0 aliphatic heterocycles. The number of nitrogens with one attached hydrogen (secondary N) is 1. The Kier molecular flexibility index (Phi) is 8.69. The Morgan fingerprint density at radius 3 is 2.42 bits per heavy atom. The minimum absolute atomic E-state index is 0.245. The predicted molar refractivity (Wildman–Crippen MR) is 127 cm³/mol. The summed E-state index contributed by atoms with van der Waals surface area (Å²) >= 11 is 11.8. The highest BCUT2D eigenvalue weighted by Gasteiger charge is 2.13. The summed E-state index contributed by atoms with van der Waals surface area (Å²) in [5.74, 6) is 0.0243. The Hall–Kier alpha value is -3.55. The van der Waals surface area contributed by atoms with Gasteiger partial charge in [0.25, 0.3) is 5.91 Å². The fourth-order valence-corrected chi connectivity index (χ4v) is 2.93. The van der Waals surface area contributed by atoms with Gasteiger partial charge in [-0.05, 0) is 67.1 Å². The Labute approximate surface area is 200 Å². The van der Waals surface area contributed by atoms with Crippen LogP contribution >= 0.6 is 23.2 Å². The van der Waals surface area contributed by atoms with Crippen molar-refractivity contribution in [3.8, 4) is 17.2 Å². The van der Waals surface area contributed by atoms with Crippen molar-refractivity contribution in [3.05, 3.63) is 87.9 Å². The van der Waals surface area contributed by atoms with E-state index in [0.717, 1.165) is 0 Å². The number of carbonyl (C=O) groups excluding carboxylic acids is 2. The molecule has 1 N–H and O–H groups in total. The van der Waals surface area contributed by atoms with E-state index in [4.69, 9.17) is 37.4 Å². The van der Waals surface area contributed by atoms with Gasteiger partial charge in [-0.1, -0.05) is 35.3 Å². The van der Waals surface area contributed by atoms with Crippen LogP contribution in [0, 0.1) is 0 Å². The van der Waals surface area contributed by atoms with Crippen molar-refractivity contribution in [2.45, 2.75) is 6.92 Å². The lowest BCUT2D eigenvalue weighted by Crippen LogP contribution is -2.24. The SMILES string of the molecule is CCOc1cc(C=NNC(=O)COc2ccccc2Cl)ccc1OC(=O)c1ccc(Cl)cc1. The number of hydrogen-bond acceptors (Lipinski definition) is 6. The molecule has 0 atom stereocenters. The highest BCUT2D eigenvalue weighted by atomic mass is 35.5. The van der Waals surface area contributed by atoms with Gasteiger partial charge in [-0.3, -0.25) is 4.79 Å². The molecule has 0 spiro atoms. The van der Waals surface area contributed by atoms with Crippen molar-refractivity contribution in [2.75, 3.05) is 13.2 Å². The molecule has 3 aromatic carbocycles. The average molecular weight is 487 g/mol. The molecule has 3 aromatic rings. The highest BCUT2D eigenvalue weighted by Crippen LogP contribution is 2.29. The first-order chi connectivity index (χ1) is 16.0. The van der Waals surface area contributed by atoms with Gasteiger partial charge < -0.3 is 14.2 Å². The molecule has 0 aromatic heterocycles. The number of rotatable bonds is 9. The third-order valence-electron chi connectivity index (χ3n) is 4.15. The van der Waals surface area contributed by atoms with Crippen LogP contribution in [-0.2, 0) is 4.79 Å². The maximum Gasteiger partial charge on any atom is 0.343 e. The summed E-state index contributed by atoms with van der Waals surface area (Å²) in [6.45, 7) is 1.93. The maximum atomic E-state index is 12.4. The van der Waals surface area contributed by atoms with E-state index < -0.39 is 11.9 Å². The molecule has 170 valence electrons. The monoisotopic (exact) mass is 486 g/mol. The minimum atomic E-state index is -0.542. The van der Waals surface area contributed by atoms with Crippen molar-refractivity contribution < 1.29 is 23.8 Å². The fourth-order valence-electron chi connectivity index (χ4n) is 2.62. The van der Waals surface area contributed by atoms with Crippen molar-refractivity contribution in [3.63, 3.8) is 0 Å². The van der Waals surface area contributed by atoms with Crippen LogP contribution in [0.2, 0.25) is 10.0 Å². The molecule has 0 saturated carbocycles. The van der Waals surface area contributed by atoms with Gasteiger partial charge in [0, 0.05) is 5.02 Å². The molecule has 0 aliphatic carbocycles. The second-order valence-corrected chi connectivity index (χ2v) is 7.39. The van der Waals surface area contributed by atoms with E-state index in [0.29, 0.717) is 39.3 Å². The van der Waals surface area contributed by atoms with Gasteiger partial charge in [0.2, 0.25) is 0 Å². The molecule has 0 unspecified atom stereocenters. The molecule has 0 saturated heterocycles. The van der Waals surface area contributed by atoms with E-state index in [-0.39, 0.29) is 12.4 Å². The van der Waals surface area contributed by atoms with E-state index in [1.165, 1.54) is 6.21 Å². The minimum Gasteiger partial charge on any atom is -0.490 e. The molecule has 0 bridgehead atoms. The molecule has 33 heavy (non-hydrogen) atoms. The van der Waals surface area contributed by atoms with E-state index in [2.05, 4.69) is 10.5 Å². The molecule has 0 heterocycles. The van der Waals surface area contributed by atoms with Gasteiger partial charge in [0.1, 0.15) is 5.75 Å². The van der Waals surface area contributed by atoms with Crippen molar-refractivity contribution in [2.24, 2.45) is 5.10 Å². The van der Waals surface area contributed by atoms with Crippen molar-refractivity contribution in [1.29, 1.82) is 0 Å². The smallest absolute Gasteiger partial charge is 0.343 e. The first-order valence-electron chi connectivity index (χ1n) is 9.90. The Bertz CT molecular complexity index is 1150. The number of para-hydroxylation sites is 1. The number of esters is 1. The first kappa shape index (κ1) is 24.1. The molecule has 9 heteroatoms. The molecular weight excluding hydrogens is 467 g/mol. The number of ether oxygens (including phenoxy) is 3. The van der Waals surface area contributed by atoms with Gasteiger partial charge in [-0.2, -0.15) is 5.10 Å². The zero-order chi connectivity index (χ0) is 23.6. The van der Waals surface area contributed by atoms with E-state index in [1.54, 1.807) is 66.7 Å². The van der Waals surface area contributed by atoms with Gasteiger partial charge in [0.05, 0.1) is 23.4 Å². The summed E-state index contributed by atoms with van der Waals surface area (Å²) in [6, 6.07) is 18.1. The summed E-state index contributed by atoms with van der Waals surface area (Å²) in [5.41, 5.74) is 3.35. The molecule has 0 fully saturated rings. The normalized spacial score (nSPS) is 10.6. The lowest BCUT2D eigenvalue weighted by atomic mass is 10.2. The quantitative estimate of drug-likeness (QED) is 0.196. The summed E-state index contributed by atoms with van der Waals surface area (Å²) in [7, 11) is 0. The summed E-state index contributed by atoms with van der Waals surface area (Å²) in [6.07, 6.45) is 1.43. The van der Waals surface area contributed by atoms with E-state index >= 15 is 0 Å². The number of hydrogen-bond donors (Lipinski definition) is 1. The van der Waals surface area contributed by atoms with E-state index in [1.807, 2.05) is 6.92 Å². The van der Waals surface area contributed by atoms with Crippen LogP contribution in [0.15, 0.2) is 71.8 Å². The van der Waals surface area contributed by atoms with Gasteiger partial charge in [-0.25, -0.2) is 10.2 Å². The molecule has 0 aliphatic rings. The van der Waals surface area contributed by atoms with Crippen molar-refractivity contribution >= 4 is 41.3 Å². The lowest BCUT2D eigenvalue weighted by Gasteiger charge is -2.11. The second-order valence-electron chi connectivity index (χ2n) is 6.55. The van der Waals surface area contributed by atoms with Gasteiger partial charge >= 0.3 is 5.97 Å². The lowest BCUT2D eigenvalue weighted by molar-refractivity contribution is -0.123. The number of halogens is 2. The number of carbonyl (C=O) groups is 2. The molecular formula is C24H20Cl2N2O5. The Morgan fingerprint density at radius 2 is 1.70 bits per heavy atom. The van der Waals surface area contributed by atoms with Crippen LogP contribution in [0.3, 0.4) is 0 Å². The fraction of sp³-hybridized carbons (Fsp3) is 0.125. The topological polar surface area (TPSA) is 86.2 Å². The van der Waals surface area contributed by atoms with Crippen LogP contribution in [0.25, 0.3) is 0 Å². The van der Waals surface area contributed by atoms with Crippen LogP contribution in [0.1, 0.15) is 22.8 Å². The van der Waals surface area contributed by atoms with Gasteiger partial charge in [-0.15, -0.1) is 0 Å². The zero-order valence-corrected chi connectivity index (χ0v) is 19.1. The van der Waals surface area contributed by atoms with Crippen LogP contribution in [0.5, 0.6) is 17.2 Å². The third-order valence-corrected chi connectivity index (χ3v) is 4.71. The maximum absolute atomic E-state index is 12.4. The highest BCUT2D eigenvalue weighted by molar-refractivity contribution is 6.32. The largest absolute Gasteiger partial charge is 0.490 e. The number of hydrazone groups is 1. The Balaban J connectivity index is 1.60. The number of nitrogens with zero attached hydrogens (tertiary/aromatic N) is 1. The van der Waals surface area contributed by atoms with Crippen LogP contribution in [0.4, 0.5) is 0 Å². The zero-order valence-electron chi connectivity index (χ0n) is 17.6. The third kappa shape index (κ3) is 7.24. The van der Waals surface area contributed by atoms with Crippen LogP contribution in [-0.4, -0.2) is 31.3 Å². The molecule has 3 rings (SSSR count). The average Bonchev–Trinajstić information content (AvgIpc) is 2.80. The number of amides is 1. The number of benzene rings is 3. The standard InChI is InChI=1S/C24H20Cl2N2O5/c1-2-31-22-13-16(7-12-21(22)33-24(30)17-8-10-18(25)11-9-17)14-27-28-23(29)15-32-20-6-4-3-5-19(20)26/h3-14H,2,15H2,1H3,(H,28,29). The molecule has 7 nitrogen and oxygen atoms in total. The predicted octanol–water partition coefficient (Wildman–Crippen LogP) is 5.14. The molecule has 0 radical (unpaired) electrons. The van der Waals surface area contributed by atoms with Crippen molar-refractivity contribution in [1.82, 2.24) is 5.43 Å². The van der Waals surface area contributed by atoms with E-state index in [9.17, 15) is 9.59 Å². The first-order valence-corrected chi connectivity index (χ1v) is 10.7. The summed E-state index contributed by atoms with van der Waals surface area (Å²) in [4.78, 5) is 24.3.